The first-order valence-corrected chi connectivity index (χ1v) is 9.36. The number of amides is 1. The van der Waals surface area contributed by atoms with Crippen LogP contribution in [0.2, 0.25) is 0 Å². The zero-order chi connectivity index (χ0) is 20.1. The number of carbonyl (C=O) groups excluding carboxylic acids is 1. The number of aromatic nitrogens is 1. The van der Waals surface area contributed by atoms with Crippen LogP contribution in [0.5, 0.6) is 5.75 Å². The number of nitrogens with zero attached hydrogens (tertiary/aromatic N) is 2. The highest BCUT2D eigenvalue weighted by atomic mass is 16.5. The number of ether oxygens (including phenoxy) is 1. The molecule has 3 rings (SSSR count). The lowest BCUT2D eigenvalue weighted by atomic mass is 10.1. The number of hydrogen-bond acceptors (Lipinski definition) is 3. The lowest BCUT2D eigenvalue weighted by molar-refractivity contribution is 0.0747. The molecule has 0 atom stereocenters. The largest absolute Gasteiger partial charge is 0.497 e. The maximum Gasteiger partial charge on any atom is 0.257 e. The minimum absolute atomic E-state index is 0.0413. The standard InChI is InChI=1S/C23H27N3O2/c1-17-13-22(23(27)25(16-24)14-19-7-5-4-6-8-19)18(2)26(17)15-20-9-11-21(28-3)12-10-20/h4-13H,14-16,24H2,1-3H3. The molecule has 28 heavy (non-hydrogen) atoms. The zero-order valence-corrected chi connectivity index (χ0v) is 16.7. The average molecular weight is 377 g/mol. The Morgan fingerprint density at radius 2 is 1.71 bits per heavy atom. The SMILES string of the molecule is COc1ccc(Cn2c(C)cc(C(=O)N(CN)Cc3ccccc3)c2C)cc1. The van der Waals surface area contributed by atoms with E-state index in [0.29, 0.717) is 18.7 Å². The van der Waals surface area contributed by atoms with E-state index in [9.17, 15) is 4.79 Å². The van der Waals surface area contributed by atoms with Gasteiger partial charge in [-0.3, -0.25) is 4.79 Å². The predicted octanol–water partition coefficient (Wildman–Crippen LogP) is 3.72. The topological polar surface area (TPSA) is 60.5 Å². The van der Waals surface area contributed by atoms with Gasteiger partial charge in [0.25, 0.3) is 5.91 Å². The van der Waals surface area contributed by atoms with Crippen molar-refractivity contribution < 1.29 is 9.53 Å². The molecule has 0 aliphatic carbocycles. The van der Waals surface area contributed by atoms with E-state index in [1.807, 2.05) is 74.5 Å². The molecular weight excluding hydrogens is 350 g/mol. The Balaban J connectivity index is 1.81. The van der Waals surface area contributed by atoms with Gasteiger partial charge in [0.05, 0.1) is 19.3 Å². The van der Waals surface area contributed by atoms with Gasteiger partial charge in [0.15, 0.2) is 0 Å². The molecule has 0 aliphatic heterocycles. The Morgan fingerprint density at radius 3 is 2.32 bits per heavy atom. The summed E-state index contributed by atoms with van der Waals surface area (Å²) in [6, 6.07) is 19.8. The molecular formula is C23H27N3O2. The summed E-state index contributed by atoms with van der Waals surface area (Å²) in [7, 11) is 1.66. The lowest BCUT2D eigenvalue weighted by Crippen LogP contribution is -2.35. The van der Waals surface area contributed by atoms with Crippen LogP contribution >= 0.6 is 0 Å². The van der Waals surface area contributed by atoms with Gasteiger partial charge in [-0.25, -0.2) is 0 Å². The Morgan fingerprint density at radius 1 is 1.04 bits per heavy atom. The summed E-state index contributed by atoms with van der Waals surface area (Å²) in [5.41, 5.74) is 10.8. The van der Waals surface area contributed by atoms with Crippen molar-refractivity contribution in [3.8, 4) is 5.75 Å². The molecule has 3 aromatic rings. The van der Waals surface area contributed by atoms with Crippen LogP contribution in [0.4, 0.5) is 0 Å². The molecule has 1 heterocycles. The Bertz CT molecular complexity index is 930. The van der Waals surface area contributed by atoms with Crippen LogP contribution in [-0.2, 0) is 13.1 Å². The van der Waals surface area contributed by atoms with Gasteiger partial charge in [-0.15, -0.1) is 0 Å². The fourth-order valence-electron chi connectivity index (χ4n) is 3.37. The molecule has 0 saturated carbocycles. The van der Waals surface area contributed by atoms with Crippen LogP contribution in [-0.4, -0.2) is 29.2 Å². The van der Waals surface area contributed by atoms with Gasteiger partial charge in [-0.1, -0.05) is 42.5 Å². The molecule has 1 amide bonds. The number of rotatable bonds is 7. The van der Waals surface area contributed by atoms with Gasteiger partial charge < -0.3 is 19.9 Å². The second-order valence-electron chi connectivity index (χ2n) is 6.89. The van der Waals surface area contributed by atoms with Crippen molar-refractivity contribution in [3.63, 3.8) is 0 Å². The van der Waals surface area contributed by atoms with Crippen molar-refractivity contribution in [1.29, 1.82) is 0 Å². The number of hydrogen-bond donors (Lipinski definition) is 1. The smallest absolute Gasteiger partial charge is 0.257 e. The van der Waals surface area contributed by atoms with Crippen molar-refractivity contribution in [2.75, 3.05) is 13.8 Å². The van der Waals surface area contributed by atoms with Crippen LogP contribution < -0.4 is 10.5 Å². The third-order valence-corrected chi connectivity index (χ3v) is 5.03. The zero-order valence-electron chi connectivity index (χ0n) is 16.7. The highest BCUT2D eigenvalue weighted by Crippen LogP contribution is 2.21. The first kappa shape index (κ1) is 19.7. The number of methoxy groups -OCH3 is 1. The molecule has 146 valence electrons. The number of nitrogens with two attached hydrogens (primary N) is 1. The Labute approximate surface area is 166 Å². The summed E-state index contributed by atoms with van der Waals surface area (Å²) in [6.07, 6.45) is 0. The van der Waals surface area contributed by atoms with Gasteiger partial charge in [0.2, 0.25) is 0 Å². The lowest BCUT2D eigenvalue weighted by Gasteiger charge is -2.21. The van der Waals surface area contributed by atoms with E-state index < -0.39 is 0 Å². The summed E-state index contributed by atoms with van der Waals surface area (Å²) < 4.78 is 7.38. The molecule has 0 radical (unpaired) electrons. The summed E-state index contributed by atoms with van der Waals surface area (Å²) in [5.74, 6) is 0.792. The van der Waals surface area contributed by atoms with Gasteiger partial charge in [0.1, 0.15) is 5.75 Å². The number of aryl methyl sites for hydroxylation is 1. The van der Waals surface area contributed by atoms with E-state index in [1.54, 1.807) is 12.0 Å². The quantitative estimate of drug-likeness (QED) is 0.639. The van der Waals surface area contributed by atoms with Crippen LogP contribution in [0.3, 0.4) is 0 Å². The molecule has 0 fully saturated rings. The fourth-order valence-corrected chi connectivity index (χ4v) is 3.37. The number of benzene rings is 2. The third kappa shape index (κ3) is 4.26. The molecule has 2 aromatic carbocycles. The van der Waals surface area contributed by atoms with E-state index in [-0.39, 0.29) is 12.6 Å². The molecule has 0 saturated heterocycles. The van der Waals surface area contributed by atoms with Crippen LogP contribution in [0.15, 0.2) is 60.7 Å². The first-order valence-electron chi connectivity index (χ1n) is 9.36. The van der Waals surface area contributed by atoms with Crippen LogP contribution in [0, 0.1) is 13.8 Å². The predicted molar refractivity (Wildman–Crippen MR) is 111 cm³/mol. The van der Waals surface area contributed by atoms with Crippen molar-refractivity contribution >= 4 is 5.91 Å². The maximum atomic E-state index is 13.1. The maximum absolute atomic E-state index is 13.1. The Hall–Kier alpha value is -3.05. The normalized spacial score (nSPS) is 10.7. The van der Waals surface area contributed by atoms with Crippen LogP contribution in [0.25, 0.3) is 0 Å². The van der Waals surface area contributed by atoms with E-state index in [1.165, 1.54) is 0 Å². The van der Waals surface area contributed by atoms with Crippen LogP contribution in [0.1, 0.15) is 32.9 Å². The van der Waals surface area contributed by atoms with Crippen molar-refractivity contribution in [3.05, 3.63) is 88.7 Å². The fraction of sp³-hybridized carbons (Fsp3) is 0.261. The monoisotopic (exact) mass is 377 g/mol. The molecule has 0 spiro atoms. The third-order valence-electron chi connectivity index (χ3n) is 5.03. The summed E-state index contributed by atoms with van der Waals surface area (Å²) in [6.45, 7) is 5.39. The highest BCUT2D eigenvalue weighted by molar-refractivity contribution is 5.95. The molecule has 0 aliphatic rings. The second kappa shape index (κ2) is 8.76. The molecule has 0 unspecified atom stereocenters. The van der Waals surface area contributed by atoms with Gasteiger partial charge in [0, 0.05) is 24.5 Å². The van der Waals surface area contributed by atoms with Gasteiger partial charge in [-0.2, -0.15) is 0 Å². The van der Waals surface area contributed by atoms with Gasteiger partial charge in [-0.05, 0) is 43.2 Å². The van der Waals surface area contributed by atoms with E-state index >= 15 is 0 Å². The van der Waals surface area contributed by atoms with Crippen molar-refractivity contribution in [2.24, 2.45) is 5.73 Å². The highest BCUT2D eigenvalue weighted by Gasteiger charge is 2.21. The minimum atomic E-state index is -0.0413. The van der Waals surface area contributed by atoms with E-state index in [2.05, 4.69) is 4.57 Å². The average Bonchev–Trinajstić information content (AvgIpc) is 3.01. The molecule has 2 N–H and O–H groups in total. The number of carbonyl (C=O) groups is 1. The van der Waals surface area contributed by atoms with Crippen molar-refractivity contribution in [1.82, 2.24) is 9.47 Å². The summed E-state index contributed by atoms with van der Waals surface area (Å²) in [5, 5.41) is 0. The molecule has 5 nitrogen and oxygen atoms in total. The Kier molecular flexibility index (Phi) is 6.16. The first-order chi connectivity index (χ1) is 13.5. The van der Waals surface area contributed by atoms with Crippen molar-refractivity contribution in [2.45, 2.75) is 26.9 Å². The summed E-state index contributed by atoms with van der Waals surface area (Å²) >= 11 is 0. The molecule has 5 heteroatoms. The summed E-state index contributed by atoms with van der Waals surface area (Å²) in [4.78, 5) is 14.8. The molecule has 1 aromatic heterocycles. The minimum Gasteiger partial charge on any atom is -0.497 e. The van der Waals surface area contributed by atoms with Gasteiger partial charge >= 0.3 is 0 Å². The molecule has 0 bridgehead atoms. The van der Waals surface area contributed by atoms with E-state index in [0.717, 1.165) is 28.3 Å². The van der Waals surface area contributed by atoms with E-state index in [4.69, 9.17) is 10.5 Å². The second-order valence-corrected chi connectivity index (χ2v) is 6.89.